The molecule has 0 heterocycles. The summed E-state index contributed by atoms with van der Waals surface area (Å²) in [5.41, 5.74) is 0.393. The Labute approximate surface area is 236 Å². The number of nitrogens with one attached hydrogen (secondary N) is 1. The Morgan fingerprint density at radius 1 is 0.900 bits per heavy atom. The molecule has 3 aromatic rings. The van der Waals surface area contributed by atoms with Crippen LogP contribution in [0.3, 0.4) is 0 Å². The van der Waals surface area contributed by atoms with E-state index in [1.807, 2.05) is 26.8 Å². The highest BCUT2D eigenvalue weighted by atomic mass is 32.2. The Morgan fingerprint density at radius 3 is 2.17 bits per heavy atom. The number of carbonyl (C=O) groups is 2. The third kappa shape index (κ3) is 7.53. The topological polar surface area (TPSA) is 105 Å². The van der Waals surface area contributed by atoms with Crippen LogP contribution >= 0.6 is 0 Å². The number of amides is 2. The van der Waals surface area contributed by atoms with Crippen LogP contribution in [-0.4, -0.2) is 57.5 Å². The van der Waals surface area contributed by atoms with E-state index in [-0.39, 0.29) is 28.8 Å². The van der Waals surface area contributed by atoms with Gasteiger partial charge in [0.25, 0.3) is 10.0 Å². The van der Waals surface area contributed by atoms with Gasteiger partial charge in [-0.2, -0.15) is 0 Å². The normalized spacial score (nSPS) is 12.2. The van der Waals surface area contributed by atoms with Crippen LogP contribution in [0.4, 0.5) is 5.69 Å². The van der Waals surface area contributed by atoms with Gasteiger partial charge in [0.2, 0.25) is 11.8 Å². The van der Waals surface area contributed by atoms with Crippen molar-refractivity contribution in [3.8, 4) is 11.5 Å². The molecule has 0 aliphatic rings. The zero-order valence-corrected chi connectivity index (χ0v) is 24.6. The molecule has 0 fully saturated rings. The lowest BCUT2D eigenvalue weighted by molar-refractivity contribution is -0.140. The van der Waals surface area contributed by atoms with Crippen LogP contribution in [0, 0.1) is 0 Å². The number of hydrogen-bond acceptors (Lipinski definition) is 6. The first-order valence-corrected chi connectivity index (χ1v) is 14.3. The van der Waals surface area contributed by atoms with Crippen molar-refractivity contribution in [1.82, 2.24) is 10.2 Å². The van der Waals surface area contributed by atoms with E-state index >= 15 is 0 Å². The van der Waals surface area contributed by atoms with Crippen LogP contribution in [0.15, 0.2) is 83.8 Å². The van der Waals surface area contributed by atoms with Gasteiger partial charge in [-0.05, 0) is 69.7 Å². The Hall–Kier alpha value is -4.05. The summed E-state index contributed by atoms with van der Waals surface area (Å²) in [4.78, 5) is 28.6. The van der Waals surface area contributed by atoms with E-state index in [1.54, 1.807) is 74.7 Å². The average molecular weight is 568 g/mol. The maximum absolute atomic E-state index is 14.0. The average Bonchev–Trinajstić information content (AvgIpc) is 2.93. The van der Waals surface area contributed by atoms with Crippen LogP contribution in [0.1, 0.15) is 33.3 Å². The molecule has 214 valence electrons. The molecule has 1 atom stereocenters. The molecule has 0 spiro atoms. The standard InChI is InChI=1S/C30H37N3O6S/c1-22(29(35)31-30(2,3)4)32(20-23-13-12-14-24(19-23)38-5)28(34)21-33(26-17-10-11-18-27(26)39-6)40(36,37)25-15-8-7-9-16-25/h7-19,22H,20-21H2,1-6H3,(H,31,35). The Bertz CT molecular complexity index is 1420. The molecule has 0 bridgehead atoms. The maximum atomic E-state index is 14.0. The molecule has 3 rings (SSSR count). The third-order valence-corrected chi connectivity index (χ3v) is 7.89. The van der Waals surface area contributed by atoms with E-state index in [0.29, 0.717) is 5.75 Å². The fourth-order valence-corrected chi connectivity index (χ4v) is 5.54. The van der Waals surface area contributed by atoms with E-state index in [0.717, 1.165) is 9.87 Å². The van der Waals surface area contributed by atoms with Crippen molar-refractivity contribution in [2.75, 3.05) is 25.1 Å². The van der Waals surface area contributed by atoms with Gasteiger partial charge in [0, 0.05) is 12.1 Å². The molecule has 0 saturated carbocycles. The van der Waals surface area contributed by atoms with Gasteiger partial charge < -0.3 is 19.7 Å². The molecule has 9 nitrogen and oxygen atoms in total. The molecular weight excluding hydrogens is 530 g/mol. The fraction of sp³-hybridized carbons (Fsp3) is 0.333. The van der Waals surface area contributed by atoms with Crippen molar-refractivity contribution in [3.05, 3.63) is 84.4 Å². The molecule has 3 aromatic carbocycles. The minimum Gasteiger partial charge on any atom is -0.497 e. The fourth-order valence-electron chi connectivity index (χ4n) is 4.09. The van der Waals surface area contributed by atoms with Crippen molar-refractivity contribution < 1.29 is 27.5 Å². The summed E-state index contributed by atoms with van der Waals surface area (Å²) in [6.45, 7) is 6.66. The van der Waals surface area contributed by atoms with Gasteiger partial charge in [-0.3, -0.25) is 13.9 Å². The Morgan fingerprint density at radius 2 is 1.55 bits per heavy atom. The Balaban J connectivity index is 2.07. The van der Waals surface area contributed by atoms with Crippen molar-refractivity contribution in [3.63, 3.8) is 0 Å². The number of ether oxygens (including phenoxy) is 2. The molecule has 40 heavy (non-hydrogen) atoms. The van der Waals surface area contributed by atoms with Crippen LogP contribution in [-0.2, 0) is 26.2 Å². The van der Waals surface area contributed by atoms with Crippen LogP contribution in [0.25, 0.3) is 0 Å². The number of methoxy groups -OCH3 is 2. The van der Waals surface area contributed by atoms with Crippen LogP contribution in [0.2, 0.25) is 0 Å². The molecule has 0 saturated heterocycles. The van der Waals surface area contributed by atoms with Gasteiger partial charge in [-0.15, -0.1) is 0 Å². The van der Waals surface area contributed by atoms with Crippen molar-refractivity contribution in [2.45, 2.75) is 50.7 Å². The molecule has 2 amide bonds. The monoisotopic (exact) mass is 567 g/mol. The first kappa shape index (κ1) is 30.5. The molecule has 1 unspecified atom stereocenters. The van der Waals surface area contributed by atoms with Gasteiger partial charge in [0.15, 0.2) is 0 Å². The summed E-state index contributed by atoms with van der Waals surface area (Å²) < 4.78 is 39.6. The maximum Gasteiger partial charge on any atom is 0.264 e. The smallest absolute Gasteiger partial charge is 0.264 e. The number of para-hydroxylation sites is 2. The SMILES string of the molecule is COc1cccc(CN(C(=O)CN(c2ccccc2OC)S(=O)(=O)c2ccccc2)C(C)C(=O)NC(C)(C)C)c1. The highest BCUT2D eigenvalue weighted by Gasteiger charge is 2.34. The summed E-state index contributed by atoms with van der Waals surface area (Å²) in [6.07, 6.45) is 0. The second-order valence-electron chi connectivity index (χ2n) is 10.3. The first-order chi connectivity index (χ1) is 18.9. The molecule has 0 radical (unpaired) electrons. The highest BCUT2D eigenvalue weighted by Crippen LogP contribution is 2.32. The van der Waals surface area contributed by atoms with E-state index in [9.17, 15) is 18.0 Å². The van der Waals surface area contributed by atoms with Gasteiger partial charge in [0.1, 0.15) is 24.1 Å². The number of nitrogens with zero attached hydrogens (tertiary/aromatic N) is 2. The summed E-state index contributed by atoms with van der Waals surface area (Å²) in [5, 5.41) is 2.91. The molecule has 1 N–H and O–H groups in total. The van der Waals surface area contributed by atoms with Crippen LogP contribution < -0.4 is 19.1 Å². The highest BCUT2D eigenvalue weighted by molar-refractivity contribution is 7.92. The van der Waals surface area contributed by atoms with Crippen LogP contribution in [0.5, 0.6) is 11.5 Å². The molecule has 0 aromatic heterocycles. The van der Waals surface area contributed by atoms with Gasteiger partial charge in [-0.1, -0.05) is 42.5 Å². The number of sulfonamides is 1. The zero-order chi connectivity index (χ0) is 29.5. The molecular formula is C30H37N3O6S. The van der Waals surface area contributed by atoms with E-state index in [2.05, 4.69) is 5.32 Å². The summed E-state index contributed by atoms with van der Waals surface area (Å²) >= 11 is 0. The van der Waals surface area contributed by atoms with E-state index in [4.69, 9.17) is 9.47 Å². The predicted molar refractivity (Wildman–Crippen MR) is 155 cm³/mol. The number of carbonyl (C=O) groups excluding carboxylic acids is 2. The lowest BCUT2D eigenvalue weighted by atomic mass is 10.1. The van der Waals surface area contributed by atoms with E-state index in [1.165, 1.54) is 24.1 Å². The minimum atomic E-state index is -4.19. The van der Waals surface area contributed by atoms with E-state index < -0.39 is 34.1 Å². The molecule has 10 heteroatoms. The van der Waals surface area contributed by atoms with Crippen molar-refractivity contribution >= 4 is 27.5 Å². The molecule has 0 aliphatic heterocycles. The van der Waals surface area contributed by atoms with Gasteiger partial charge in [-0.25, -0.2) is 8.42 Å². The number of rotatable bonds is 11. The second kappa shape index (κ2) is 12.9. The number of benzene rings is 3. The third-order valence-electron chi connectivity index (χ3n) is 6.12. The predicted octanol–water partition coefficient (Wildman–Crippen LogP) is 4.23. The van der Waals surface area contributed by atoms with Crippen molar-refractivity contribution in [1.29, 1.82) is 0 Å². The number of anilines is 1. The number of hydrogen-bond donors (Lipinski definition) is 1. The minimum absolute atomic E-state index is 0.0200. The van der Waals surface area contributed by atoms with Gasteiger partial charge >= 0.3 is 0 Å². The largest absolute Gasteiger partial charge is 0.497 e. The van der Waals surface area contributed by atoms with Gasteiger partial charge in [0.05, 0.1) is 24.8 Å². The second-order valence-corrected chi connectivity index (χ2v) is 12.1. The molecule has 0 aliphatic carbocycles. The first-order valence-electron chi connectivity index (χ1n) is 12.8. The Kier molecular flexibility index (Phi) is 9.81. The quantitative estimate of drug-likeness (QED) is 0.372. The summed E-state index contributed by atoms with van der Waals surface area (Å²) in [5.74, 6) is -0.0463. The lowest BCUT2D eigenvalue weighted by Crippen LogP contribution is -2.54. The summed E-state index contributed by atoms with van der Waals surface area (Å²) in [6, 6.07) is 20.7. The zero-order valence-electron chi connectivity index (χ0n) is 23.7. The lowest BCUT2D eigenvalue weighted by Gasteiger charge is -2.33. The summed E-state index contributed by atoms with van der Waals surface area (Å²) in [7, 11) is -1.21. The van der Waals surface area contributed by atoms with Crippen molar-refractivity contribution in [2.24, 2.45) is 0 Å².